The van der Waals surface area contributed by atoms with Crippen LogP contribution in [0.4, 0.5) is 0 Å². The number of piperidine rings is 1. The molecule has 1 atom stereocenters. The lowest BCUT2D eigenvalue weighted by atomic mass is 9.95. The lowest BCUT2D eigenvalue weighted by Crippen LogP contribution is -2.40. The fourth-order valence-electron chi connectivity index (χ4n) is 2.25. The third kappa shape index (κ3) is 3.01. The zero-order chi connectivity index (χ0) is 12.3. The Balaban J connectivity index is 1.99. The number of amides is 1. The molecule has 0 radical (unpaired) electrons. The van der Waals surface area contributed by atoms with Crippen molar-refractivity contribution in [3.8, 4) is 0 Å². The standard InChI is InChI=1S/C12H16ClNO3/c13-11-4-3-10(17-11)12(16)14-6-1-2-9(8-14)5-7-15/h3-4,9,15H,1-2,5-8H2. The number of halogens is 1. The third-order valence-corrected chi connectivity index (χ3v) is 3.33. The van der Waals surface area contributed by atoms with Crippen molar-refractivity contribution in [3.05, 3.63) is 23.1 Å². The molecule has 0 bridgehead atoms. The van der Waals surface area contributed by atoms with Crippen LogP contribution in [0.2, 0.25) is 5.22 Å². The molecule has 1 aromatic rings. The fraction of sp³-hybridized carbons (Fsp3) is 0.583. The molecule has 5 heteroatoms. The van der Waals surface area contributed by atoms with Crippen LogP contribution < -0.4 is 0 Å². The van der Waals surface area contributed by atoms with Crippen molar-refractivity contribution in [2.75, 3.05) is 19.7 Å². The number of nitrogens with zero attached hydrogens (tertiary/aromatic N) is 1. The highest BCUT2D eigenvalue weighted by Crippen LogP contribution is 2.22. The van der Waals surface area contributed by atoms with Gasteiger partial charge in [-0.05, 0) is 48.9 Å². The largest absolute Gasteiger partial charge is 0.440 e. The van der Waals surface area contributed by atoms with Gasteiger partial charge in [0.1, 0.15) is 0 Å². The van der Waals surface area contributed by atoms with Crippen LogP contribution in [0.5, 0.6) is 0 Å². The highest BCUT2D eigenvalue weighted by atomic mass is 35.5. The number of furan rings is 1. The molecular weight excluding hydrogens is 242 g/mol. The Bertz CT molecular complexity index is 389. The van der Waals surface area contributed by atoms with Gasteiger partial charge in [-0.1, -0.05) is 0 Å². The van der Waals surface area contributed by atoms with E-state index in [2.05, 4.69) is 0 Å². The third-order valence-electron chi connectivity index (χ3n) is 3.13. The molecule has 2 rings (SSSR count). The van der Waals surface area contributed by atoms with Crippen LogP contribution >= 0.6 is 11.6 Å². The van der Waals surface area contributed by atoms with Gasteiger partial charge < -0.3 is 14.4 Å². The molecule has 0 saturated carbocycles. The minimum atomic E-state index is -0.112. The van der Waals surface area contributed by atoms with Crippen LogP contribution in [-0.4, -0.2) is 35.6 Å². The maximum absolute atomic E-state index is 12.1. The summed E-state index contributed by atoms with van der Waals surface area (Å²) in [6, 6.07) is 3.17. The minimum Gasteiger partial charge on any atom is -0.440 e. The van der Waals surface area contributed by atoms with Gasteiger partial charge in [0, 0.05) is 19.7 Å². The summed E-state index contributed by atoms with van der Waals surface area (Å²) in [5.41, 5.74) is 0. The zero-order valence-electron chi connectivity index (χ0n) is 9.56. The lowest BCUT2D eigenvalue weighted by Gasteiger charge is -2.31. The Kier molecular flexibility index (Phi) is 4.07. The molecule has 4 nitrogen and oxygen atoms in total. The summed E-state index contributed by atoms with van der Waals surface area (Å²) in [7, 11) is 0. The average Bonchev–Trinajstić information content (AvgIpc) is 2.76. The number of carbonyl (C=O) groups is 1. The number of likely N-dealkylation sites (tertiary alicyclic amines) is 1. The van der Waals surface area contributed by atoms with E-state index >= 15 is 0 Å². The van der Waals surface area contributed by atoms with Crippen LogP contribution in [-0.2, 0) is 0 Å². The first-order valence-corrected chi connectivity index (χ1v) is 6.24. The second kappa shape index (κ2) is 5.56. The molecule has 1 saturated heterocycles. The van der Waals surface area contributed by atoms with Crippen molar-refractivity contribution in [1.82, 2.24) is 4.90 Å². The summed E-state index contributed by atoms with van der Waals surface area (Å²) in [6.07, 6.45) is 2.80. The molecule has 2 heterocycles. The van der Waals surface area contributed by atoms with E-state index < -0.39 is 0 Å². The van der Waals surface area contributed by atoms with Gasteiger partial charge >= 0.3 is 0 Å². The van der Waals surface area contributed by atoms with Crippen molar-refractivity contribution < 1.29 is 14.3 Å². The van der Waals surface area contributed by atoms with E-state index in [-0.39, 0.29) is 17.7 Å². The summed E-state index contributed by atoms with van der Waals surface area (Å²) >= 11 is 5.65. The van der Waals surface area contributed by atoms with Crippen LogP contribution in [0.15, 0.2) is 16.5 Å². The molecule has 1 aromatic heterocycles. The SMILES string of the molecule is O=C(c1ccc(Cl)o1)N1CCCC(CCO)C1. The first kappa shape index (κ1) is 12.5. The smallest absolute Gasteiger partial charge is 0.289 e. The summed E-state index contributed by atoms with van der Waals surface area (Å²) in [6.45, 7) is 1.62. The number of hydrogen-bond acceptors (Lipinski definition) is 3. The summed E-state index contributed by atoms with van der Waals surface area (Å²) < 4.78 is 5.12. The predicted molar refractivity (Wildman–Crippen MR) is 64.0 cm³/mol. The molecular formula is C12H16ClNO3. The van der Waals surface area contributed by atoms with Gasteiger partial charge in [-0.15, -0.1) is 0 Å². The summed E-state index contributed by atoms with van der Waals surface area (Å²) in [4.78, 5) is 13.9. The maximum atomic E-state index is 12.1. The van der Waals surface area contributed by atoms with Gasteiger partial charge in [0.25, 0.3) is 5.91 Å². The molecule has 94 valence electrons. The molecule has 1 aliphatic heterocycles. The Morgan fingerprint density at radius 3 is 3.06 bits per heavy atom. The van der Waals surface area contributed by atoms with E-state index in [1.165, 1.54) is 0 Å². The van der Waals surface area contributed by atoms with Crippen molar-refractivity contribution in [1.29, 1.82) is 0 Å². The van der Waals surface area contributed by atoms with Gasteiger partial charge in [0.15, 0.2) is 11.0 Å². The maximum Gasteiger partial charge on any atom is 0.289 e. The zero-order valence-corrected chi connectivity index (χ0v) is 10.3. The Morgan fingerprint density at radius 1 is 1.59 bits per heavy atom. The first-order valence-electron chi connectivity index (χ1n) is 5.86. The van der Waals surface area contributed by atoms with Crippen LogP contribution in [0.3, 0.4) is 0 Å². The molecule has 17 heavy (non-hydrogen) atoms. The molecule has 1 fully saturated rings. The molecule has 1 N–H and O–H groups in total. The summed E-state index contributed by atoms with van der Waals surface area (Å²) in [5.74, 6) is 0.572. The predicted octanol–water partition coefficient (Wildman–Crippen LogP) is 2.17. The van der Waals surface area contributed by atoms with E-state index in [9.17, 15) is 4.79 Å². The van der Waals surface area contributed by atoms with Gasteiger partial charge in [-0.25, -0.2) is 0 Å². The summed E-state index contributed by atoms with van der Waals surface area (Å²) in [5, 5.41) is 9.16. The first-order chi connectivity index (χ1) is 8.20. The molecule has 0 spiro atoms. The van der Waals surface area contributed by atoms with Gasteiger partial charge in [-0.2, -0.15) is 0 Å². The average molecular weight is 258 g/mol. The second-order valence-corrected chi connectivity index (χ2v) is 4.75. The molecule has 0 aromatic carbocycles. The van der Waals surface area contributed by atoms with Crippen LogP contribution in [0.1, 0.15) is 29.8 Å². The van der Waals surface area contributed by atoms with Crippen LogP contribution in [0, 0.1) is 5.92 Å². The monoisotopic (exact) mass is 257 g/mol. The van der Waals surface area contributed by atoms with Crippen molar-refractivity contribution in [3.63, 3.8) is 0 Å². The molecule has 0 aliphatic carbocycles. The topological polar surface area (TPSA) is 53.7 Å². The molecule has 1 amide bonds. The number of carbonyl (C=O) groups excluding carboxylic acids is 1. The highest BCUT2D eigenvalue weighted by molar-refractivity contribution is 6.29. The van der Waals surface area contributed by atoms with Gasteiger partial charge in [0.05, 0.1) is 0 Å². The van der Waals surface area contributed by atoms with E-state index in [0.29, 0.717) is 18.2 Å². The van der Waals surface area contributed by atoms with E-state index in [0.717, 1.165) is 25.8 Å². The van der Waals surface area contributed by atoms with Crippen molar-refractivity contribution in [2.24, 2.45) is 5.92 Å². The second-order valence-electron chi connectivity index (χ2n) is 4.38. The van der Waals surface area contributed by atoms with Gasteiger partial charge in [-0.3, -0.25) is 4.79 Å². The Morgan fingerprint density at radius 2 is 2.41 bits per heavy atom. The van der Waals surface area contributed by atoms with E-state index in [1.807, 2.05) is 0 Å². The number of hydrogen-bond donors (Lipinski definition) is 1. The van der Waals surface area contributed by atoms with E-state index in [4.69, 9.17) is 21.1 Å². The van der Waals surface area contributed by atoms with E-state index in [1.54, 1.807) is 17.0 Å². The minimum absolute atomic E-state index is 0.112. The quantitative estimate of drug-likeness (QED) is 0.903. The number of rotatable bonds is 3. The van der Waals surface area contributed by atoms with Crippen molar-refractivity contribution in [2.45, 2.75) is 19.3 Å². The Hall–Kier alpha value is -1.00. The Labute approximate surface area is 105 Å². The molecule has 1 unspecified atom stereocenters. The number of aliphatic hydroxyl groups is 1. The highest BCUT2D eigenvalue weighted by Gasteiger charge is 2.25. The van der Waals surface area contributed by atoms with Crippen molar-refractivity contribution >= 4 is 17.5 Å². The lowest BCUT2D eigenvalue weighted by molar-refractivity contribution is 0.0622. The normalized spacial score (nSPS) is 20.6. The fourth-order valence-corrected chi connectivity index (χ4v) is 2.40. The van der Waals surface area contributed by atoms with Crippen LogP contribution in [0.25, 0.3) is 0 Å². The molecule has 1 aliphatic rings. The van der Waals surface area contributed by atoms with Gasteiger partial charge in [0.2, 0.25) is 0 Å². The number of aliphatic hydroxyl groups excluding tert-OH is 1.